The monoisotopic (exact) mass is 481 g/mol. The van der Waals surface area contributed by atoms with Crippen LogP contribution in [0, 0.1) is 5.92 Å². The standard InChI is InChI=1S/C27H35N3O5/c1-3-35-26(32)22-11-8-16-30(20-22)25(31)15-18-29(17-14-21-9-5-4-6-10-21)27(33)28-23-12-7-13-24(19-23)34-2/h4-7,9-10,12-13,19,22H,3,8,11,14-18,20H2,1-2H3,(H,28,33). The van der Waals surface area contributed by atoms with E-state index in [1.165, 1.54) is 0 Å². The number of benzene rings is 2. The van der Waals surface area contributed by atoms with E-state index in [0.717, 1.165) is 18.4 Å². The fraction of sp³-hybridized carbons (Fsp3) is 0.444. The summed E-state index contributed by atoms with van der Waals surface area (Å²) in [5.41, 5.74) is 1.74. The van der Waals surface area contributed by atoms with Crippen LogP contribution in [0.25, 0.3) is 0 Å². The average molecular weight is 482 g/mol. The van der Waals surface area contributed by atoms with Gasteiger partial charge in [0.1, 0.15) is 5.75 Å². The highest BCUT2D eigenvalue weighted by Crippen LogP contribution is 2.20. The zero-order valence-electron chi connectivity index (χ0n) is 20.6. The summed E-state index contributed by atoms with van der Waals surface area (Å²) in [4.78, 5) is 41.6. The molecule has 188 valence electrons. The number of hydrogen-bond donors (Lipinski definition) is 1. The molecule has 0 spiro atoms. The maximum atomic E-state index is 13.1. The smallest absolute Gasteiger partial charge is 0.321 e. The topological polar surface area (TPSA) is 88.2 Å². The van der Waals surface area contributed by atoms with E-state index in [1.54, 1.807) is 36.0 Å². The maximum absolute atomic E-state index is 13.1. The first-order valence-electron chi connectivity index (χ1n) is 12.2. The summed E-state index contributed by atoms with van der Waals surface area (Å²) in [7, 11) is 1.58. The van der Waals surface area contributed by atoms with E-state index in [2.05, 4.69) is 5.32 Å². The van der Waals surface area contributed by atoms with Crippen molar-refractivity contribution in [2.75, 3.05) is 45.2 Å². The summed E-state index contributed by atoms with van der Waals surface area (Å²) in [6, 6.07) is 16.8. The number of rotatable bonds is 10. The van der Waals surface area contributed by atoms with Gasteiger partial charge < -0.3 is 24.6 Å². The van der Waals surface area contributed by atoms with E-state index in [-0.39, 0.29) is 36.8 Å². The second kappa shape index (κ2) is 13.4. The molecule has 1 aliphatic rings. The number of ether oxygens (including phenoxy) is 2. The molecule has 1 aliphatic heterocycles. The zero-order valence-corrected chi connectivity index (χ0v) is 20.6. The molecule has 35 heavy (non-hydrogen) atoms. The average Bonchev–Trinajstić information content (AvgIpc) is 2.89. The number of amides is 3. The molecule has 8 nitrogen and oxygen atoms in total. The van der Waals surface area contributed by atoms with Gasteiger partial charge in [-0.1, -0.05) is 36.4 Å². The van der Waals surface area contributed by atoms with Crippen LogP contribution in [0.5, 0.6) is 5.75 Å². The number of likely N-dealkylation sites (tertiary alicyclic amines) is 1. The van der Waals surface area contributed by atoms with E-state index in [0.29, 0.717) is 44.1 Å². The van der Waals surface area contributed by atoms with Gasteiger partial charge in [0, 0.05) is 44.4 Å². The Morgan fingerprint density at radius 3 is 2.63 bits per heavy atom. The molecule has 1 heterocycles. The summed E-state index contributed by atoms with van der Waals surface area (Å²) >= 11 is 0. The van der Waals surface area contributed by atoms with E-state index in [4.69, 9.17) is 9.47 Å². The molecule has 3 amide bonds. The Balaban J connectivity index is 1.62. The van der Waals surface area contributed by atoms with E-state index < -0.39 is 0 Å². The van der Waals surface area contributed by atoms with Crippen molar-refractivity contribution in [1.29, 1.82) is 0 Å². The van der Waals surface area contributed by atoms with Crippen molar-refractivity contribution in [1.82, 2.24) is 9.80 Å². The van der Waals surface area contributed by atoms with Crippen LogP contribution < -0.4 is 10.1 Å². The second-order valence-electron chi connectivity index (χ2n) is 8.57. The van der Waals surface area contributed by atoms with Crippen LogP contribution in [0.1, 0.15) is 31.7 Å². The number of nitrogens with one attached hydrogen (secondary N) is 1. The Kier molecular flexibility index (Phi) is 9.95. The van der Waals surface area contributed by atoms with Gasteiger partial charge in [-0.3, -0.25) is 9.59 Å². The highest BCUT2D eigenvalue weighted by atomic mass is 16.5. The Labute approximate surface area is 207 Å². The molecule has 1 unspecified atom stereocenters. The second-order valence-corrected chi connectivity index (χ2v) is 8.57. The van der Waals surface area contributed by atoms with Gasteiger partial charge in [0.2, 0.25) is 5.91 Å². The molecule has 0 aromatic heterocycles. The Morgan fingerprint density at radius 2 is 1.89 bits per heavy atom. The number of methoxy groups -OCH3 is 1. The third-order valence-corrected chi connectivity index (χ3v) is 6.11. The van der Waals surface area contributed by atoms with Crippen molar-refractivity contribution in [3.05, 3.63) is 60.2 Å². The molecule has 0 bridgehead atoms. The lowest BCUT2D eigenvalue weighted by Crippen LogP contribution is -2.44. The molecule has 0 radical (unpaired) electrons. The number of esters is 1. The molecular formula is C27H35N3O5. The lowest BCUT2D eigenvalue weighted by Gasteiger charge is -2.32. The Hall–Kier alpha value is -3.55. The van der Waals surface area contributed by atoms with Crippen LogP contribution in [0.2, 0.25) is 0 Å². The Bertz CT molecular complexity index is 982. The maximum Gasteiger partial charge on any atom is 0.321 e. The van der Waals surface area contributed by atoms with Gasteiger partial charge in [0.25, 0.3) is 0 Å². The van der Waals surface area contributed by atoms with Crippen LogP contribution in [0.15, 0.2) is 54.6 Å². The first-order chi connectivity index (χ1) is 17.0. The van der Waals surface area contributed by atoms with Gasteiger partial charge in [-0.15, -0.1) is 0 Å². The zero-order chi connectivity index (χ0) is 25.0. The van der Waals surface area contributed by atoms with Gasteiger partial charge in [0.15, 0.2) is 0 Å². The van der Waals surface area contributed by atoms with Crippen molar-refractivity contribution in [2.45, 2.75) is 32.6 Å². The third kappa shape index (κ3) is 8.02. The summed E-state index contributed by atoms with van der Waals surface area (Å²) in [5.74, 6) is 0.0679. The summed E-state index contributed by atoms with van der Waals surface area (Å²) in [5, 5.41) is 2.91. The number of hydrogen-bond acceptors (Lipinski definition) is 5. The Morgan fingerprint density at radius 1 is 1.09 bits per heavy atom. The molecule has 0 saturated carbocycles. The van der Waals surface area contributed by atoms with Gasteiger partial charge >= 0.3 is 12.0 Å². The van der Waals surface area contributed by atoms with E-state index in [1.807, 2.05) is 42.5 Å². The largest absolute Gasteiger partial charge is 0.497 e. The molecular weight excluding hydrogens is 446 g/mol. The minimum absolute atomic E-state index is 0.0575. The number of urea groups is 1. The highest BCUT2D eigenvalue weighted by molar-refractivity contribution is 5.90. The van der Waals surface area contributed by atoms with Crippen LogP contribution >= 0.6 is 0 Å². The number of carbonyl (C=O) groups excluding carboxylic acids is 3. The summed E-state index contributed by atoms with van der Waals surface area (Å²) in [6.45, 7) is 3.86. The molecule has 8 heteroatoms. The number of carbonyl (C=O) groups is 3. The molecule has 1 saturated heterocycles. The third-order valence-electron chi connectivity index (χ3n) is 6.11. The fourth-order valence-corrected chi connectivity index (χ4v) is 4.17. The molecule has 1 atom stereocenters. The van der Waals surface area contributed by atoms with Crippen molar-refractivity contribution in [2.24, 2.45) is 5.92 Å². The van der Waals surface area contributed by atoms with Crippen LogP contribution in [0.3, 0.4) is 0 Å². The minimum atomic E-state index is -0.279. The number of nitrogens with zero attached hydrogens (tertiary/aromatic N) is 2. The molecule has 0 aliphatic carbocycles. The minimum Gasteiger partial charge on any atom is -0.497 e. The van der Waals surface area contributed by atoms with Crippen LogP contribution in [-0.4, -0.2) is 67.6 Å². The van der Waals surface area contributed by atoms with Gasteiger partial charge in [0.05, 0.1) is 19.6 Å². The molecule has 2 aromatic rings. The molecule has 1 N–H and O–H groups in total. The normalized spacial score (nSPS) is 15.3. The van der Waals surface area contributed by atoms with Gasteiger partial charge in [-0.2, -0.15) is 0 Å². The molecule has 1 fully saturated rings. The quantitative estimate of drug-likeness (QED) is 0.519. The fourth-order valence-electron chi connectivity index (χ4n) is 4.17. The van der Waals surface area contributed by atoms with Gasteiger partial charge in [-0.05, 0) is 43.9 Å². The van der Waals surface area contributed by atoms with Crippen LogP contribution in [-0.2, 0) is 20.7 Å². The predicted molar refractivity (Wildman–Crippen MR) is 134 cm³/mol. The van der Waals surface area contributed by atoms with E-state index in [9.17, 15) is 14.4 Å². The van der Waals surface area contributed by atoms with Crippen LogP contribution in [0.4, 0.5) is 10.5 Å². The van der Waals surface area contributed by atoms with Crippen molar-refractivity contribution >= 4 is 23.6 Å². The lowest BCUT2D eigenvalue weighted by molar-refractivity contribution is -0.151. The van der Waals surface area contributed by atoms with Crippen molar-refractivity contribution in [3.63, 3.8) is 0 Å². The first-order valence-corrected chi connectivity index (χ1v) is 12.2. The number of anilines is 1. The van der Waals surface area contributed by atoms with E-state index >= 15 is 0 Å². The first kappa shape index (κ1) is 26.1. The van der Waals surface area contributed by atoms with Crippen molar-refractivity contribution < 1.29 is 23.9 Å². The molecule has 3 rings (SSSR count). The summed E-state index contributed by atoms with van der Waals surface area (Å²) < 4.78 is 10.4. The highest BCUT2D eigenvalue weighted by Gasteiger charge is 2.29. The van der Waals surface area contributed by atoms with Gasteiger partial charge in [-0.25, -0.2) is 4.79 Å². The summed E-state index contributed by atoms with van der Waals surface area (Å²) in [6.07, 6.45) is 2.36. The number of piperidine rings is 1. The predicted octanol–water partition coefficient (Wildman–Crippen LogP) is 3.96. The lowest BCUT2D eigenvalue weighted by atomic mass is 9.98. The SMILES string of the molecule is CCOC(=O)C1CCCN(C(=O)CCN(CCc2ccccc2)C(=O)Nc2cccc(OC)c2)C1. The molecule has 2 aromatic carbocycles. The van der Waals surface area contributed by atoms with Crippen molar-refractivity contribution in [3.8, 4) is 5.75 Å².